The van der Waals surface area contributed by atoms with Crippen LogP contribution in [0.4, 0.5) is 0 Å². The van der Waals surface area contributed by atoms with Crippen LogP contribution in [0.3, 0.4) is 0 Å². The van der Waals surface area contributed by atoms with Crippen molar-refractivity contribution in [2.24, 2.45) is 0 Å². The Morgan fingerprint density at radius 3 is 2.12 bits per heavy atom. The van der Waals surface area contributed by atoms with Gasteiger partial charge in [0.1, 0.15) is 5.69 Å². The molecule has 3 heteroatoms. The van der Waals surface area contributed by atoms with Gasteiger partial charge in [0, 0.05) is 22.5 Å². The van der Waals surface area contributed by atoms with Gasteiger partial charge in [-0.15, -0.1) is 0 Å². The van der Waals surface area contributed by atoms with E-state index in [0.29, 0.717) is 0 Å². The Morgan fingerprint density at radius 1 is 0.640 bits per heavy atom. The molecule has 0 saturated carbocycles. The highest BCUT2D eigenvalue weighted by Crippen LogP contribution is 2.33. The molecule has 0 amide bonds. The second kappa shape index (κ2) is 5.56. The zero-order valence-electron chi connectivity index (χ0n) is 13.5. The van der Waals surface area contributed by atoms with Gasteiger partial charge in [-0.2, -0.15) is 5.10 Å². The van der Waals surface area contributed by atoms with E-state index in [-0.39, 0.29) is 0 Å². The molecule has 0 unspecified atom stereocenters. The number of hydrogen-bond acceptors (Lipinski definition) is 2. The Kier molecular flexibility index (Phi) is 3.10. The van der Waals surface area contributed by atoms with Crippen molar-refractivity contribution < 1.29 is 0 Å². The van der Waals surface area contributed by atoms with Gasteiger partial charge < -0.3 is 0 Å². The van der Waals surface area contributed by atoms with E-state index in [1.807, 2.05) is 65.5 Å². The van der Waals surface area contributed by atoms with Gasteiger partial charge in [0.15, 0.2) is 0 Å². The molecule has 0 spiro atoms. The summed E-state index contributed by atoms with van der Waals surface area (Å²) in [6, 6.07) is 28.7. The second-order valence-electron chi connectivity index (χ2n) is 6.00. The summed E-state index contributed by atoms with van der Waals surface area (Å²) in [7, 11) is 0. The smallest absolute Gasteiger partial charge is 0.102 e. The molecule has 2 heterocycles. The minimum absolute atomic E-state index is 0.956. The van der Waals surface area contributed by atoms with Crippen molar-refractivity contribution in [1.29, 1.82) is 0 Å². The van der Waals surface area contributed by atoms with Crippen LogP contribution in [0.2, 0.25) is 0 Å². The number of rotatable bonds is 2. The quantitative estimate of drug-likeness (QED) is 0.445. The van der Waals surface area contributed by atoms with E-state index >= 15 is 0 Å². The maximum absolute atomic E-state index is 4.96. The van der Waals surface area contributed by atoms with Crippen molar-refractivity contribution in [3.63, 3.8) is 0 Å². The molecule has 0 N–H and O–H groups in total. The predicted octanol–water partition coefficient (Wildman–Crippen LogP) is 5.24. The van der Waals surface area contributed by atoms with Crippen molar-refractivity contribution in [3.05, 3.63) is 91.1 Å². The minimum atomic E-state index is 0.956. The fourth-order valence-corrected chi connectivity index (χ4v) is 3.30. The van der Waals surface area contributed by atoms with Gasteiger partial charge in [-0.25, -0.2) is 4.68 Å². The predicted molar refractivity (Wildman–Crippen MR) is 102 cm³/mol. The average Bonchev–Trinajstić information content (AvgIpc) is 3.09. The summed E-state index contributed by atoms with van der Waals surface area (Å²) < 4.78 is 2.03. The summed E-state index contributed by atoms with van der Waals surface area (Å²) in [5.74, 6) is 0. The highest BCUT2D eigenvalue weighted by molar-refractivity contribution is 6.08. The Morgan fingerprint density at radius 2 is 1.32 bits per heavy atom. The zero-order chi connectivity index (χ0) is 16.6. The van der Waals surface area contributed by atoms with Crippen molar-refractivity contribution in [1.82, 2.24) is 14.8 Å². The molecular weight excluding hydrogens is 306 g/mol. The Labute approximate surface area is 145 Å². The van der Waals surface area contributed by atoms with Crippen molar-refractivity contribution >= 4 is 21.8 Å². The molecule has 0 saturated heterocycles. The molecule has 118 valence electrons. The van der Waals surface area contributed by atoms with Crippen LogP contribution in [0.25, 0.3) is 38.8 Å². The van der Waals surface area contributed by atoms with Crippen molar-refractivity contribution in [3.8, 4) is 16.9 Å². The lowest BCUT2D eigenvalue weighted by molar-refractivity contribution is 0.918. The second-order valence-corrected chi connectivity index (χ2v) is 6.00. The number of hydrogen-bond donors (Lipinski definition) is 0. The van der Waals surface area contributed by atoms with Gasteiger partial charge in [0.2, 0.25) is 0 Å². The monoisotopic (exact) mass is 321 g/mol. The van der Waals surface area contributed by atoms with Crippen LogP contribution in [0.5, 0.6) is 0 Å². The summed E-state index contributed by atoms with van der Waals surface area (Å²) in [6.07, 6.45) is 1.94. The van der Waals surface area contributed by atoms with Crippen LogP contribution < -0.4 is 0 Å². The van der Waals surface area contributed by atoms with E-state index in [4.69, 9.17) is 5.10 Å². The number of fused-ring (bicyclic) bond motifs is 3. The normalized spacial score (nSPS) is 11.2. The van der Waals surface area contributed by atoms with Gasteiger partial charge >= 0.3 is 0 Å². The number of para-hydroxylation sites is 2. The first-order valence-electron chi connectivity index (χ1n) is 8.29. The summed E-state index contributed by atoms with van der Waals surface area (Å²) >= 11 is 0. The van der Waals surface area contributed by atoms with Crippen LogP contribution in [0.15, 0.2) is 91.1 Å². The van der Waals surface area contributed by atoms with Crippen LogP contribution in [0, 0.1) is 0 Å². The molecule has 3 nitrogen and oxygen atoms in total. The zero-order valence-corrected chi connectivity index (χ0v) is 13.5. The minimum Gasteiger partial charge on any atom is -0.255 e. The lowest BCUT2D eigenvalue weighted by Gasteiger charge is -2.05. The molecule has 0 aliphatic heterocycles. The Balaban J connectivity index is 1.94. The maximum atomic E-state index is 4.96. The summed E-state index contributed by atoms with van der Waals surface area (Å²) in [5.41, 5.74) is 5.17. The Bertz CT molecular complexity index is 1180. The topological polar surface area (TPSA) is 30.7 Å². The SMILES string of the molecule is c1ccc(-c2nn(-c3ccccc3)c3c2cnc2ccccc23)cc1. The van der Waals surface area contributed by atoms with Gasteiger partial charge in [-0.05, 0) is 18.2 Å². The van der Waals surface area contributed by atoms with Gasteiger partial charge in [-0.1, -0.05) is 66.7 Å². The number of aromatic nitrogens is 3. The molecule has 0 atom stereocenters. The van der Waals surface area contributed by atoms with Crippen LogP contribution >= 0.6 is 0 Å². The number of pyridine rings is 1. The van der Waals surface area contributed by atoms with E-state index in [9.17, 15) is 0 Å². The molecule has 3 aromatic carbocycles. The summed E-state index contributed by atoms with van der Waals surface area (Å²) in [5, 5.41) is 7.13. The maximum Gasteiger partial charge on any atom is 0.102 e. The molecule has 25 heavy (non-hydrogen) atoms. The fourth-order valence-electron chi connectivity index (χ4n) is 3.30. The highest BCUT2D eigenvalue weighted by Gasteiger charge is 2.16. The number of nitrogens with zero attached hydrogens (tertiary/aromatic N) is 3. The van der Waals surface area contributed by atoms with Crippen LogP contribution in [-0.4, -0.2) is 14.8 Å². The van der Waals surface area contributed by atoms with Gasteiger partial charge in [0.25, 0.3) is 0 Å². The molecule has 0 aliphatic rings. The van der Waals surface area contributed by atoms with E-state index in [1.165, 1.54) is 0 Å². The lowest BCUT2D eigenvalue weighted by atomic mass is 10.1. The largest absolute Gasteiger partial charge is 0.255 e. The van der Waals surface area contributed by atoms with E-state index in [1.54, 1.807) is 0 Å². The molecular formula is C22H15N3. The molecule has 5 aromatic rings. The van der Waals surface area contributed by atoms with Crippen LogP contribution in [0.1, 0.15) is 0 Å². The molecule has 0 fully saturated rings. The molecule has 2 aromatic heterocycles. The summed E-state index contributed by atoms with van der Waals surface area (Å²) in [6.45, 7) is 0. The van der Waals surface area contributed by atoms with Crippen LogP contribution in [-0.2, 0) is 0 Å². The standard InChI is InChI=1S/C22H15N3/c1-3-9-16(10-4-1)21-19-15-23-20-14-8-7-13-18(20)22(19)25(24-21)17-11-5-2-6-12-17/h1-15H. The highest BCUT2D eigenvalue weighted by atomic mass is 15.3. The summed E-state index contributed by atoms with van der Waals surface area (Å²) in [4.78, 5) is 4.65. The van der Waals surface area contributed by atoms with E-state index in [0.717, 1.165) is 38.8 Å². The van der Waals surface area contributed by atoms with Gasteiger partial charge in [-0.3, -0.25) is 4.98 Å². The third-order valence-electron chi connectivity index (χ3n) is 4.46. The van der Waals surface area contributed by atoms with E-state index in [2.05, 4.69) is 35.3 Å². The molecule has 0 bridgehead atoms. The Hall–Kier alpha value is -3.46. The first kappa shape index (κ1) is 13.9. The third-order valence-corrected chi connectivity index (χ3v) is 4.46. The van der Waals surface area contributed by atoms with Crippen molar-refractivity contribution in [2.45, 2.75) is 0 Å². The lowest BCUT2D eigenvalue weighted by Crippen LogP contribution is -1.96. The van der Waals surface area contributed by atoms with E-state index < -0.39 is 0 Å². The first-order chi connectivity index (χ1) is 12.4. The first-order valence-corrected chi connectivity index (χ1v) is 8.29. The average molecular weight is 321 g/mol. The van der Waals surface area contributed by atoms with Gasteiger partial charge in [0.05, 0.1) is 16.7 Å². The number of benzene rings is 3. The molecule has 0 radical (unpaired) electrons. The molecule has 0 aliphatic carbocycles. The fraction of sp³-hybridized carbons (Fsp3) is 0. The van der Waals surface area contributed by atoms with Crippen molar-refractivity contribution in [2.75, 3.05) is 0 Å². The third kappa shape index (κ3) is 2.21. The molecule has 5 rings (SSSR count).